The van der Waals surface area contributed by atoms with E-state index in [2.05, 4.69) is 15.4 Å². The molecule has 17 heavy (non-hydrogen) atoms. The van der Waals surface area contributed by atoms with Gasteiger partial charge in [0, 0.05) is 10.5 Å². The third-order valence-electron chi connectivity index (χ3n) is 1.86. The number of benzene rings is 1. The van der Waals surface area contributed by atoms with E-state index >= 15 is 0 Å². The van der Waals surface area contributed by atoms with E-state index in [9.17, 15) is 4.39 Å². The number of aromatic nitrogens is 2. The first-order chi connectivity index (χ1) is 8.20. The molecule has 1 heterocycles. The highest BCUT2D eigenvalue weighted by Gasteiger charge is 2.11. The van der Waals surface area contributed by atoms with Crippen LogP contribution in [-0.4, -0.2) is 21.2 Å². The first-order valence-electron chi connectivity index (χ1n) is 4.42. The topological polar surface area (TPSA) is 84.4 Å². The summed E-state index contributed by atoms with van der Waals surface area (Å²) in [5, 5.41) is 19.1. The van der Waals surface area contributed by atoms with Crippen LogP contribution >= 0.6 is 23.1 Å². The van der Waals surface area contributed by atoms with Crippen molar-refractivity contribution < 1.29 is 9.60 Å². The summed E-state index contributed by atoms with van der Waals surface area (Å²) >= 11 is 2.63. The third kappa shape index (κ3) is 2.71. The number of oxime groups is 1. The summed E-state index contributed by atoms with van der Waals surface area (Å²) in [6.07, 6.45) is 0. The molecule has 0 aliphatic rings. The highest BCUT2D eigenvalue weighted by atomic mass is 32.2. The van der Waals surface area contributed by atoms with Crippen LogP contribution in [0, 0.1) is 5.82 Å². The van der Waals surface area contributed by atoms with Crippen molar-refractivity contribution in [2.45, 2.75) is 9.24 Å². The molecule has 0 fully saturated rings. The van der Waals surface area contributed by atoms with Gasteiger partial charge in [-0.3, -0.25) is 0 Å². The fourth-order valence-electron chi connectivity index (χ4n) is 1.15. The molecule has 0 atom stereocenters. The van der Waals surface area contributed by atoms with Gasteiger partial charge >= 0.3 is 0 Å². The van der Waals surface area contributed by atoms with Gasteiger partial charge in [-0.1, -0.05) is 28.3 Å². The largest absolute Gasteiger partial charge is 0.409 e. The minimum atomic E-state index is -0.451. The van der Waals surface area contributed by atoms with E-state index in [1.165, 1.54) is 35.2 Å². The van der Waals surface area contributed by atoms with Gasteiger partial charge in [-0.2, -0.15) is 0 Å². The van der Waals surface area contributed by atoms with E-state index < -0.39 is 5.82 Å². The maximum absolute atomic E-state index is 13.1. The number of amidine groups is 1. The Kier molecular flexibility index (Phi) is 3.55. The second-order valence-electron chi connectivity index (χ2n) is 2.93. The van der Waals surface area contributed by atoms with Crippen LogP contribution in [0.1, 0.15) is 5.56 Å². The van der Waals surface area contributed by atoms with Crippen molar-refractivity contribution in [2.75, 3.05) is 0 Å². The van der Waals surface area contributed by atoms with E-state index in [0.29, 0.717) is 14.8 Å². The monoisotopic (exact) mass is 270 g/mol. The van der Waals surface area contributed by atoms with E-state index in [1.54, 1.807) is 11.6 Å². The molecule has 5 nitrogen and oxygen atoms in total. The molecule has 2 rings (SSSR count). The first kappa shape index (κ1) is 11.8. The van der Waals surface area contributed by atoms with Gasteiger partial charge in [-0.25, -0.2) is 4.39 Å². The molecule has 1 aromatic carbocycles. The van der Waals surface area contributed by atoms with Crippen molar-refractivity contribution >= 4 is 28.9 Å². The van der Waals surface area contributed by atoms with Gasteiger partial charge in [0.1, 0.15) is 11.3 Å². The molecule has 0 bridgehead atoms. The lowest BCUT2D eigenvalue weighted by Gasteiger charge is -2.05. The molecule has 88 valence electrons. The van der Waals surface area contributed by atoms with Gasteiger partial charge in [0.05, 0.1) is 0 Å². The average molecular weight is 270 g/mol. The van der Waals surface area contributed by atoms with Crippen LogP contribution < -0.4 is 5.73 Å². The molecule has 2 aromatic rings. The van der Waals surface area contributed by atoms with Crippen molar-refractivity contribution in [1.29, 1.82) is 0 Å². The Morgan fingerprint density at radius 3 is 3.00 bits per heavy atom. The van der Waals surface area contributed by atoms with E-state index in [1.807, 2.05) is 0 Å². The SMILES string of the molecule is NC(=NO)c1cc(F)ccc1Sc1nncs1. The summed E-state index contributed by atoms with van der Waals surface area (Å²) < 4.78 is 13.8. The molecule has 8 heteroatoms. The van der Waals surface area contributed by atoms with Crippen molar-refractivity contribution in [3.63, 3.8) is 0 Å². The normalized spacial score (nSPS) is 11.7. The van der Waals surface area contributed by atoms with Crippen LogP contribution in [0.2, 0.25) is 0 Å². The molecule has 0 unspecified atom stereocenters. The standard InChI is InChI=1S/C9H7FN4OS2/c10-5-1-2-7(6(3-5)8(11)14-15)17-9-13-12-4-16-9/h1-4,15H,(H2,11,14). The molecule has 0 saturated carbocycles. The molecule has 3 N–H and O–H groups in total. The van der Waals surface area contributed by atoms with Crippen LogP contribution in [0.15, 0.2) is 38.1 Å². The number of nitrogens with zero attached hydrogens (tertiary/aromatic N) is 3. The molecule has 0 amide bonds. The summed E-state index contributed by atoms with van der Waals surface area (Å²) in [7, 11) is 0. The smallest absolute Gasteiger partial charge is 0.178 e. The Bertz CT molecular complexity index is 544. The highest BCUT2D eigenvalue weighted by Crippen LogP contribution is 2.31. The maximum atomic E-state index is 13.1. The summed E-state index contributed by atoms with van der Waals surface area (Å²) in [6.45, 7) is 0. The second kappa shape index (κ2) is 5.11. The van der Waals surface area contributed by atoms with Crippen LogP contribution in [0.4, 0.5) is 4.39 Å². The quantitative estimate of drug-likeness (QED) is 0.385. The molecule has 0 radical (unpaired) electrons. The zero-order valence-corrected chi connectivity index (χ0v) is 10.0. The fraction of sp³-hybridized carbons (Fsp3) is 0. The van der Waals surface area contributed by atoms with Gasteiger partial charge in [-0.05, 0) is 18.2 Å². The summed E-state index contributed by atoms with van der Waals surface area (Å²) in [4.78, 5) is 0.651. The first-order valence-corrected chi connectivity index (χ1v) is 6.12. The summed E-state index contributed by atoms with van der Waals surface area (Å²) in [5.74, 6) is -0.593. The molecular formula is C9H7FN4OS2. The predicted molar refractivity (Wildman–Crippen MR) is 62.9 cm³/mol. The minimum absolute atomic E-state index is 0.142. The average Bonchev–Trinajstić information content (AvgIpc) is 2.83. The Morgan fingerprint density at radius 1 is 1.53 bits per heavy atom. The second-order valence-corrected chi connectivity index (χ2v) is 5.05. The fourth-order valence-corrected chi connectivity index (χ4v) is 2.70. The zero-order chi connectivity index (χ0) is 12.3. The van der Waals surface area contributed by atoms with Crippen molar-refractivity contribution in [1.82, 2.24) is 10.2 Å². The Labute approximate surface area is 104 Å². The lowest BCUT2D eigenvalue weighted by Crippen LogP contribution is -2.14. The van der Waals surface area contributed by atoms with Crippen LogP contribution in [0.3, 0.4) is 0 Å². The Hall–Kier alpha value is -1.67. The summed E-state index contributed by atoms with van der Waals surface area (Å²) in [5.41, 5.74) is 7.40. The lowest BCUT2D eigenvalue weighted by molar-refractivity contribution is 0.318. The molecule has 0 spiro atoms. The Balaban J connectivity index is 2.39. The minimum Gasteiger partial charge on any atom is -0.409 e. The number of hydrogen-bond acceptors (Lipinski definition) is 6. The summed E-state index contributed by atoms with van der Waals surface area (Å²) in [6, 6.07) is 4.06. The molecule has 0 aliphatic carbocycles. The number of halogens is 1. The van der Waals surface area contributed by atoms with E-state index in [0.717, 1.165) is 0 Å². The lowest BCUT2D eigenvalue weighted by atomic mass is 10.2. The number of nitrogens with two attached hydrogens (primary N) is 1. The van der Waals surface area contributed by atoms with Gasteiger partial charge in [0.15, 0.2) is 10.2 Å². The molecule has 0 saturated heterocycles. The van der Waals surface area contributed by atoms with Crippen molar-refractivity contribution in [3.8, 4) is 0 Å². The third-order valence-corrected chi connectivity index (χ3v) is 3.72. The van der Waals surface area contributed by atoms with E-state index in [4.69, 9.17) is 10.9 Å². The van der Waals surface area contributed by atoms with Crippen molar-refractivity contribution in [2.24, 2.45) is 10.9 Å². The van der Waals surface area contributed by atoms with Crippen LogP contribution in [0.5, 0.6) is 0 Å². The van der Waals surface area contributed by atoms with Gasteiger partial charge in [0.2, 0.25) is 0 Å². The zero-order valence-electron chi connectivity index (χ0n) is 8.37. The number of rotatable bonds is 3. The maximum Gasteiger partial charge on any atom is 0.178 e. The highest BCUT2D eigenvalue weighted by molar-refractivity contribution is 8.01. The van der Waals surface area contributed by atoms with Crippen molar-refractivity contribution in [3.05, 3.63) is 35.1 Å². The molecule has 1 aromatic heterocycles. The van der Waals surface area contributed by atoms with Gasteiger partial charge in [-0.15, -0.1) is 10.2 Å². The Morgan fingerprint density at radius 2 is 2.35 bits per heavy atom. The van der Waals surface area contributed by atoms with Gasteiger partial charge < -0.3 is 10.9 Å². The molecular weight excluding hydrogens is 263 g/mol. The number of hydrogen-bond donors (Lipinski definition) is 2. The van der Waals surface area contributed by atoms with Crippen LogP contribution in [0.25, 0.3) is 0 Å². The predicted octanol–water partition coefficient (Wildman–Crippen LogP) is 1.92. The van der Waals surface area contributed by atoms with E-state index in [-0.39, 0.29) is 5.84 Å². The van der Waals surface area contributed by atoms with Crippen LogP contribution in [-0.2, 0) is 0 Å². The molecule has 0 aliphatic heterocycles. The van der Waals surface area contributed by atoms with Gasteiger partial charge in [0.25, 0.3) is 0 Å².